The first-order valence-electron chi connectivity index (χ1n) is 8.33. The van der Waals surface area contributed by atoms with Crippen molar-refractivity contribution in [2.45, 2.75) is 66.7 Å². The monoisotopic (exact) mass is 284 g/mol. The highest BCUT2D eigenvalue weighted by Crippen LogP contribution is 2.39. The summed E-state index contributed by atoms with van der Waals surface area (Å²) in [7, 11) is 0. The van der Waals surface area contributed by atoms with Crippen LogP contribution < -0.4 is 0 Å². The van der Waals surface area contributed by atoms with Crippen molar-refractivity contribution >= 4 is 10.8 Å². The third kappa shape index (κ3) is 4.59. The van der Waals surface area contributed by atoms with E-state index in [4.69, 9.17) is 0 Å². The first kappa shape index (κ1) is 17.8. The van der Waals surface area contributed by atoms with Crippen molar-refractivity contribution in [2.24, 2.45) is 5.41 Å². The van der Waals surface area contributed by atoms with Crippen LogP contribution in [-0.2, 0) is 5.41 Å². The molecule has 2 aromatic rings. The molecular weight excluding hydrogens is 252 g/mol. The van der Waals surface area contributed by atoms with Crippen molar-refractivity contribution in [2.75, 3.05) is 0 Å². The van der Waals surface area contributed by atoms with Crippen LogP contribution >= 0.6 is 0 Å². The van der Waals surface area contributed by atoms with Crippen molar-refractivity contribution in [3.8, 4) is 0 Å². The number of rotatable bonds is 4. The molecule has 21 heavy (non-hydrogen) atoms. The minimum atomic E-state index is 0.226. The Balaban J connectivity index is 0.00000106. The molecule has 0 aliphatic rings. The summed E-state index contributed by atoms with van der Waals surface area (Å²) in [6.45, 7) is 15.8. The van der Waals surface area contributed by atoms with Crippen molar-refractivity contribution in [1.29, 1.82) is 0 Å². The van der Waals surface area contributed by atoms with Crippen LogP contribution in [-0.4, -0.2) is 0 Å². The van der Waals surface area contributed by atoms with Gasteiger partial charge in [0.2, 0.25) is 0 Å². The van der Waals surface area contributed by atoms with Gasteiger partial charge in [-0.1, -0.05) is 97.4 Å². The highest BCUT2D eigenvalue weighted by molar-refractivity contribution is 5.83. The molecule has 0 saturated heterocycles. The van der Waals surface area contributed by atoms with E-state index in [1.807, 2.05) is 13.8 Å². The summed E-state index contributed by atoms with van der Waals surface area (Å²) in [6.07, 6.45) is 2.44. The molecule has 0 spiro atoms. The summed E-state index contributed by atoms with van der Waals surface area (Å²) in [4.78, 5) is 0. The topological polar surface area (TPSA) is 0 Å². The molecule has 0 nitrogen and oxygen atoms in total. The Bertz CT molecular complexity index is 561. The second-order valence-electron chi connectivity index (χ2n) is 7.14. The van der Waals surface area contributed by atoms with Gasteiger partial charge >= 0.3 is 0 Å². The van der Waals surface area contributed by atoms with E-state index >= 15 is 0 Å². The Morgan fingerprint density at radius 2 is 1.38 bits per heavy atom. The predicted molar refractivity (Wildman–Crippen MR) is 97.0 cm³/mol. The molecule has 2 aromatic carbocycles. The van der Waals surface area contributed by atoms with Gasteiger partial charge < -0.3 is 0 Å². The van der Waals surface area contributed by atoms with Crippen LogP contribution in [0.4, 0.5) is 0 Å². The quantitative estimate of drug-likeness (QED) is 0.568. The fourth-order valence-corrected chi connectivity index (χ4v) is 3.03. The fourth-order valence-electron chi connectivity index (χ4n) is 3.03. The van der Waals surface area contributed by atoms with Gasteiger partial charge in [0.25, 0.3) is 0 Å². The molecule has 0 atom stereocenters. The second kappa shape index (κ2) is 7.11. The average Bonchev–Trinajstić information content (AvgIpc) is 2.48. The molecule has 0 radical (unpaired) electrons. The fraction of sp³-hybridized carbons (Fsp3) is 0.524. The molecule has 2 rings (SSSR count). The molecule has 0 aromatic heterocycles. The van der Waals surface area contributed by atoms with Crippen LogP contribution in [0.25, 0.3) is 10.8 Å². The van der Waals surface area contributed by atoms with Crippen LogP contribution in [0.2, 0.25) is 0 Å². The van der Waals surface area contributed by atoms with E-state index in [1.165, 1.54) is 29.2 Å². The van der Waals surface area contributed by atoms with E-state index in [1.54, 1.807) is 0 Å². The van der Waals surface area contributed by atoms with E-state index in [9.17, 15) is 0 Å². The standard InChI is InChI=1S/C19H26.C2H6/c1-6-18(2,3)14-19(4,5)17-12-11-15-9-7-8-10-16(15)13-17;1-2/h7-13H,6,14H2,1-5H3;1-2H3. The summed E-state index contributed by atoms with van der Waals surface area (Å²) >= 11 is 0. The van der Waals surface area contributed by atoms with Gasteiger partial charge in [0.1, 0.15) is 0 Å². The van der Waals surface area contributed by atoms with E-state index in [2.05, 4.69) is 77.1 Å². The van der Waals surface area contributed by atoms with E-state index in [-0.39, 0.29) is 5.41 Å². The summed E-state index contributed by atoms with van der Waals surface area (Å²) < 4.78 is 0. The Morgan fingerprint density at radius 3 is 1.95 bits per heavy atom. The number of benzene rings is 2. The molecular formula is C21H32. The van der Waals surface area contributed by atoms with Gasteiger partial charge in [-0.2, -0.15) is 0 Å². The number of fused-ring (bicyclic) bond motifs is 1. The lowest BCUT2D eigenvalue weighted by Crippen LogP contribution is -2.26. The Labute approximate surface area is 131 Å². The molecule has 0 fully saturated rings. The van der Waals surface area contributed by atoms with Crippen molar-refractivity contribution in [3.63, 3.8) is 0 Å². The lowest BCUT2D eigenvalue weighted by Gasteiger charge is -2.35. The maximum Gasteiger partial charge on any atom is -0.00983 e. The normalized spacial score (nSPS) is 12.0. The van der Waals surface area contributed by atoms with Gasteiger partial charge in [-0.05, 0) is 33.6 Å². The molecule has 0 saturated carbocycles. The molecule has 0 N–H and O–H groups in total. The lowest BCUT2D eigenvalue weighted by molar-refractivity contribution is 0.248. The molecule has 0 aliphatic carbocycles. The molecule has 0 heteroatoms. The van der Waals surface area contributed by atoms with Gasteiger partial charge in [-0.25, -0.2) is 0 Å². The summed E-state index contributed by atoms with van der Waals surface area (Å²) in [6, 6.07) is 15.5. The average molecular weight is 284 g/mol. The van der Waals surface area contributed by atoms with Crippen LogP contribution in [0, 0.1) is 5.41 Å². The smallest absolute Gasteiger partial charge is 0.00983 e. The van der Waals surface area contributed by atoms with Crippen LogP contribution in [0.5, 0.6) is 0 Å². The number of hydrogen-bond acceptors (Lipinski definition) is 0. The SMILES string of the molecule is CC.CCC(C)(C)CC(C)(C)c1ccc2ccccc2c1. The first-order valence-corrected chi connectivity index (χ1v) is 8.33. The van der Waals surface area contributed by atoms with Gasteiger partial charge in [0.15, 0.2) is 0 Å². The minimum Gasteiger partial charge on any atom is -0.0683 e. The molecule has 0 amide bonds. The molecule has 0 heterocycles. The predicted octanol–water partition coefficient (Wildman–Crippen LogP) is 6.97. The Morgan fingerprint density at radius 1 is 0.810 bits per heavy atom. The second-order valence-corrected chi connectivity index (χ2v) is 7.14. The van der Waals surface area contributed by atoms with E-state index < -0.39 is 0 Å². The summed E-state index contributed by atoms with van der Waals surface area (Å²) in [5.74, 6) is 0. The van der Waals surface area contributed by atoms with Crippen LogP contribution in [0.1, 0.15) is 66.9 Å². The Kier molecular flexibility index (Phi) is 6.01. The van der Waals surface area contributed by atoms with Gasteiger partial charge in [0, 0.05) is 0 Å². The lowest BCUT2D eigenvalue weighted by atomic mass is 9.70. The van der Waals surface area contributed by atoms with Gasteiger partial charge in [-0.3, -0.25) is 0 Å². The summed E-state index contributed by atoms with van der Waals surface area (Å²) in [5, 5.41) is 2.68. The first-order chi connectivity index (χ1) is 9.84. The largest absolute Gasteiger partial charge is 0.0683 e. The zero-order chi connectivity index (χ0) is 16.1. The zero-order valence-corrected chi connectivity index (χ0v) is 15.0. The molecule has 0 aliphatic heterocycles. The third-order valence-electron chi connectivity index (χ3n) is 4.41. The van der Waals surface area contributed by atoms with Crippen LogP contribution in [0.15, 0.2) is 42.5 Å². The maximum absolute atomic E-state index is 2.37. The van der Waals surface area contributed by atoms with E-state index in [0.717, 1.165) is 0 Å². The Hall–Kier alpha value is -1.30. The maximum atomic E-state index is 2.37. The van der Waals surface area contributed by atoms with Crippen molar-refractivity contribution in [3.05, 3.63) is 48.0 Å². The van der Waals surface area contributed by atoms with Crippen LogP contribution in [0.3, 0.4) is 0 Å². The number of hydrogen-bond donors (Lipinski definition) is 0. The highest BCUT2D eigenvalue weighted by Gasteiger charge is 2.29. The molecule has 0 unspecified atom stereocenters. The molecule has 116 valence electrons. The third-order valence-corrected chi connectivity index (χ3v) is 4.41. The minimum absolute atomic E-state index is 0.226. The highest BCUT2D eigenvalue weighted by atomic mass is 14.3. The van der Waals surface area contributed by atoms with Crippen molar-refractivity contribution in [1.82, 2.24) is 0 Å². The zero-order valence-electron chi connectivity index (χ0n) is 15.0. The van der Waals surface area contributed by atoms with Crippen molar-refractivity contribution < 1.29 is 0 Å². The summed E-state index contributed by atoms with van der Waals surface area (Å²) in [5.41, 5.74) is 2.08. The molecule has 0 bridgehead atoms. The van der Waals surface area contributed by atoms with E-state index in [0.29, 0.717) is 5.41 Å². The van der Waals surface area contributed by atoms with Gasteiger partial charge in [0.05, 0.1) is 0 Å². The van der Waals surface area contributed by atoms with Gasteiger partial charge in [-0.15, -0.1) is 0 Å².